The van der Waals surface area contributed by atoms with E-state index in [0.29, 0.717) is 52.3 Å². The Morgan fingerprint density at radius 2 is 2.12 bits per heavy atom. The van der Waals surface area contributed by atoms with E-state index in [1.54, 1.807) is 22.9 Å². The van der Waals surface area contributed by atoms with Gasteiger partial charge in [0.2, 0.25) is 5.91 Å². The molecule has 0 unspecified atom stereocenters. The van der Waals surface area contributed by atoms with E-state index in [1.165, 1.54) is 6.33 Å². The van der Waals surface area contributed by atoms with Crippen LogP contribution in [0, 0.1) is 5.92 Å². The standard InChI is InChI=1S/C16H15Cl2N7O/c1-2-25-15-13(22-23-25)14(19-8-20-15)24-6-9(7-24)16(26)21-12-4-3-10(17)5-11(12)18/h3-5,8-9H,2,6-7H2,1H3,(H,21,26). The van der Waals surface area contributed by atoms with Gasteiger partial charge >= 0.3 is 0 Å². The molecule has 1 saturated heterocycles. The summed E-state index contributed by atoms with van der Waals surface area (Å²) in [6.07, 6.45) is 1.49. The summed E-state index contributed by atoms with van der Waals surface area (Å²) >= 11 is 12.0. The molecule has 4 rings (SSSR count). The first-order chi connectivity index (χ1) is 12.6. The summed E-state index contributed by atoms with van der Waals surface area (Å²) in [6, 6.07) is 4.97. The zero-order valence-corrected chi connectivity index (χ0v) is 15.4. The number of carbonyl (C=O) groups is 1. The minimum absolute atomic E-state index is 0.0898. The van der Waals surface area contributed by atoms with Gasteiger partial charge in [0.1, 0.15) is 6.33 Å². The van der Waals surface area contributed by atoms with E-state index in [9.17, 15) is 4.79 Å². The van der Waals surface area contributed by atoms with E-state index in [2.05, 4.69) is 25.6 Å². The highest BCUT2D eigenvalue weighted by Crippen LogP contribution is 2.30. The first-order valence-electron chi connectivity index (χ1n) is 8.12. The fourth-order valence-electron chi connectivity index (χ4n) is 2.87. The highest BCUT2D eigenvalue weighted by atomic mass is 35.5. The number of nitrogens with zero attached hydrogens (tertiary/aromatic N) is 6. The van der Waals surface area contributed by atoms with Crippen LogP contribution in [0.5, 0.6) is 0 Å². The number of fused-ring (bicyclic) bond motifs is 1. The van der Waals surface area contributed by atoms with Crippen molar-refractivity contribution in [1.29, 1.82) is 0 Å². The summed E-state index contributed by atoms with van der Waals surface area (Å²) in [5, 5.41) is 12.0. The van der Waals surface area contributed by atoms with Crippen LogP contribution in [0.3, 0.4) is 0 Å². The summed E-state index contributed by atoms with van der Waals surface area (Å²) in [6.45, 7) is 3.74. The molecule has 8 nitrogen and oxygen atoms in total. The van der Waals surface area contributed by atoms with Crippen LogP contribution in [0.2, 0.25) is 10.0 Å². The van der Waals surface area contributed by atoms with Gasteiger partial charge in [0.25, 0.3) is 0 Å². The number of anilines is 2. The molecule has 0 spiro atoms. The molecular formula is C16H15Cl2N7O. The molecule has 1 aromatic carbocycles. The molecule has 1 amide bonds. The zero-order chi connectivity index (χ0) is 18.3. The van der Waals surface area contributed by atoms with Crippen LogP contribution in [0.4, 0.5) is 11.5 Å². The Morgan fingerprint density at radius 3 is 2.85 bits per heavy atom. The number of benzene rings is 1. The molecule has 1 aliphatic heterocycles. The van der Waals surface area contributed by atoms with Crippen LogP contribution in [0.25, 0.3) is 11.2 Å². The summed E-state index contributed by atoms with van der Waals surface area (Å²) in [7, 11) is 0. The maximum Gasteiger partial charge on any atom is 0.231 e. The van der Waals surface area contributed by atoms with Gasteiger partial charge in [0.15, 0.2) is 17.0 Å². The number of carbonyl (C=O) groups excluding carboxylic acids is 1. The van der Waals surface area contributed by atoms with Crippen molar-refractivity contribution in [3.05, 3.63) is 34.6 Å². The Hall–Kier alpha value is -2.45. The van der Waals surface area contributed by atoms with E-state index in [4.69, 9.17) is 23.2 Å². The van der Waals surface area contributed by atoms with Gasteiger partial charge in [-0.2, -0.15) is 0 Å². The molecule has 3 heterocycles. The lowest BCUT2D eigenvalue weighted by Crippen LogP contribution is -2.52. The maximum absolute atomic E-state index is 12.4. The molecule has 0 bridgehead atoms. The van der Waals surface area contributed by atoms with Crippen molar-refractivity contribution < 1.29 is 4.79 Å². The predicted molar refractivity (Wildman–Crippen MR) is 99.6 cm³/mol. The van der Waals surface area contributed by atoms with Crippen LogP contribution in [0.15, 0.2) is 24.5 Å². The molecule has 2 aromatic heterocycles. The monoisotopic (exact) mass is 391 g/mol. The van der Waals surface area contributed by atoms with Gasteiger partial charge in [-0.25, -0.2) is 14.6 Å². The first kappa shape index (κ1) is 17.0. The van der Waals surface area contributed by atoms with E-state index in [1.807, 2.05) is 11.8 Å². The molecule has 0 aliphatic carbocycles. The molecule has 1 aliphatic rings. The Morgan fingerprint density at radius 1 is 1.31 bits per heavy atom. The van der Waals surface area contributed by atoms with Crippen molar-refractivity contribution in [2.45, 2.75) is 13.5 Å². The Balaban J connectivity index is 1.45. The smallest absolute Gasteiger partial charge is 0.231 e. The first-order valence-corrected chi connectivity index (χ1v) is 8.87. The Kier molecular flexibility index (Phi) is 4.37. The second-order valence-electron chi connectivity index (χ2n) is 5.99. The van der Waals surface area contributed by atoms with Crippen LogP contribution >= 0.6 is 23.2 Å². The normalized spacial score (nSPS) is 14.5. The molecule has 0 radical (unpaired) electrons. The summed E-state index contributed by atoms with van der Waals surface area (Å²) in [5.41, 5.74) is 1.89. The quantitative estimate of drug-likeness (QED) is 0.735. The lowest BCUT2D eigenvalue weighted by atomic mass is 9.99. The second kappa shape index (κ2) is 6.69. The van der Waals surface area contributed by atoms with Crippen LogP contribution in [-0.2, 0) is 11.3 Å². The number of hydrogen-bond donors (Lipinski definition) is 1. The maximum atomic E-state index is 12.4. The van der Waals surface area contributed by atoms with E-state index in [0.717, 1.165) is 0 Å². The number of halogens is 2. The highest BCUT2D eigenvalue weighted by Gasteiger charge is 2.35. The minimum atomic E-state index is -0.159. The van der Waals surface area contributed by atoms with Gasteiger partial charge in [0.05, 0.1) is 16.6 Å². The van der Waals surface area contributed by atoms with Crippen LogP contribution in [0.1, 0.15) is 6.92 Å². The third kappa shape index (κ3) is 2.95. The topological polar surface area (TPSA) is 88.8 Å². The lowest BCUT2D eigenvalue weighted by molar-refractivity contribution is -0.120. The highest BCUT2D eigenvalue weighted by molar-refractivity contribution is 6.36. The Bertz CT molecular complexity index is 984. The number of nitrogens with one attached hydrogen (secondary N) is 1. The van der Waals surface area contributed by atoms with Crippen LogP contribution in [-0.4, -0.2) is 44.0 Å². The third-order valence-corrected chi connectivity index (χ3v) is 4.87. The number of hydrogen-bond acceptors (Lipinski definition) is 6. The average Bonchev–Trinajstić information content (AvgIpc) is 3.00. The third-order valence-electron chi connectivity index (χ3n) is 4.32. The summed E-state index contributed by atoms with van der Waals surface area (Å²) < 4.78 is 1.72. The van der Waals surface area contributed by atoms with Gasteiger partial charge in [-0.1, -0.05) is 28.4 Å². The van der Waals surface area contributed by atoms with E-state index >= 15 is 0 Å². The molecule has 0 atom stereocenters. The molecule has 1 fully saturated rings. The SMILES string of the molecule is CCn1nnc2c(N3CC(C(=O)Nc4ccc(Cl)cc4Cl)C3)ncnc21. The second-order valence-corrected chi connectivity index (χ2v) is 6.83. The lowest BCUT2D eigenvalue weighted by Gasteiger charge is -2.38. The fourth-order valence-corrected chi connectivity index (χ4v) is 3.32. The molecule has 134 valence electrons. The van der Waals surface area contributed by atoms with E-state index in [-0.39, 0.29) is 11.8 Å². The average molecular weight is 392 g/mol. The van der Waals surface area contributed by atoms with Gasteiger partial charge in [-0.3, -0.25) is 4.79 Å². The molecular weight excluding hydrogens is 377 g/mol. The van der Waals surface area contributed by atoms with Crippen molar-refractivity contribution >= 4 is 51.8 Å². The molecule has 10 heteroatoms. The van der Waals surface area contributed by atoms with Gasteiger partial charge in [0, 0.05) is 24.7 Å². The number of rotatable bonds is 4. The molecule has 0 saturated carbocycles. The van der Waals surface area contributed by atoms with Crippen molar-refractivity contribution in [2.24, 2.45) is 5.92 Å². The van der Waals surface area contributed by atoms with E-state index < -0.39 is 0 Å². The summed E-state index contributed by atoms with van der Waals surface area (Å²) in [5.74, 6) is 0.448. The van der Waals surface area contributed by atoms with Crippen molar-refractivity contribution in [1.82, 2.24) is 25.0 Å². The van der Waals surface area contributed by atoms with Crippen molar-refractivity contribution in [2.75, 3.05) is 23.3 Å². The number of amides is 1. The number of aryl methyl sites for hydroxylation is 1. The van der Waals surface area contributed by atoms with Gasteiger partial charge in [-0.15, -0.1) is 5.10 Å². The van der Waals surface area contributed by atoms with Crippen molar-refractivity contribution in [3.63, 3.8) is 0 Å². The summed E-state index contributed by atoms with van der Waals surface area (Å²) in [4.78, 5) is 23.0. The molecule has 26 heavy (non-hydrogen) atoms. The van der Waals surface area contributed by atoms with Gasteiger partial charge < -0.3 is 10.2 Å². The number of aromatic nitrogens is 5. The zero-order valence-electron chi connectivity index (χ0n) is 13.9. The molecule has 3 aromatic rings. The van der Waals surface area contributed by atoms with Crippen molar-refractivity contribution in [3.8, 4) is 0 Å². The van der Waals surface area contributed by atoms with Crippen LogP contribution < -0.4 is 10.2 Å². The van der Waals surface area contributed by atoms with Gasteiger partial charge in [-0.05, 0) is 25.1 Å². The minimum Gasteiger partial charge on any atom is -0.353 e. The predicted octanol–water partition coefficient (Wildman–Crippen LogP) is 2.62. The largest absolute Gasteiger partial charge is 0.353 e. The Labute approximate surface area is 159 Å². The fraction of sp³-hybridized carbons (Fsp3) is 0.312. The molecule has 1 N–H and O–H groups in total.